The van der Waals surface area contributed by atoms with Gasteiger partial charge in [0.2, 0.25) is 5.95 Å². The van der Waals surface area contributed by atoms with E-state index in [4.69, 9.17) is 5.26 Å². The van der Waals surface area contributed by atoms with Gasteiger partial charge in [0, 0.05) is 11.4 Å². The molecule has 6 nitrogen and oxygen atoms in total. The van der Waals surface area contributed by atoms with Gasteiger partial charge in [0.05, 0.1) is 17.8 Å². The van der Waals surface area contributed by atoms with Gasteiger partial charge in [0.15, 0.2) is 5.82 Å². The minimum Gasteiger partial charge on any atom is -0.339 e. The van der Waals surface area contributed by atoms with Crippen molar-refractivity contribution in [3.05, 3.63) is 65.4 Å². The van der Waals surface area contributed by atoms with Gasteiger partial charge in [-0.15, -0.1) is 5.10 Å². The van der Waals surface area contributed by atoms with Crippen LogP contribution in [-0.2, 0) is 0 Å². The van der Waals surface area contributed by atoms with Crippen LogP contribution in [0.5, 0.6) is 0 Å². The first-order chi connectivity index (χ1) is 11.6. The SMILES string of the molecule is Cc1cc(C)cc(Nc2nncc(Nc3cccc(C#N)c3)n2)c1. The Kier molecular flexibility index (Phi) is 4.34. The Bertz CT molecular complexity index is 893. The second-order valence-corrected chi connectivity index (χ2v) is 5.48. The summed E-state index contributed by atoms with van der Waals surface area (Å²) in [5, 5.41) is 23.2. The first-order valence-corrected chi connectivity index (χ1v) is 7.44. The molecule has 0 spiro atoms. The molecule has 0 atom stereocenters. The van der Waals surface area contributed by atoms with E-state index in [0.29, 0.717) is 17.3 Å². The Hall–Kier alpha value is -3.46. The molecule has 0 radical (unpaired) electrons. The molecule has 24 heavy (non-hydrogen) atoms. The van der Waals surface area contributed by atoms with Gasteiger partial charge < -0.3 is 10.6 Å². The zero-order chi connectivity index (χ0) is 16.9. The Labute approximate surface area is 140 Å². The molecule has 0 bridgehead atoms. The van der Waals surface area contributed by atoms with Crippen LogP contribution in [0, 0.1) is 25.2 Å². The largest absolute Gasteiger partial charge is 0.339 e. The zero-order valence-electron chi connectivity index (χ0n) is 13.4. The monoisotopic (exact) mass is 316 g/mol. The lowest BCUT2D eigenvalue weighted by Crippen LogP contribution is -2.02. The van der Waals surface area contributed by atoms with E-state index in [9.17, 15) is 0 Å². The van der Waals surface area contributed by atoms with Crippen molar-refractivity contribution in [1.29, 1.82) is 5.26 Å². The molecule has 1 aromatic heterocycles. The van der Waals surface area contributed by atoms with Crippen molar-refractivity contribution in [3.8, 4) is 6.07 Å². The van der Waals surface area contributed by atoms with Crippen molar-refractivity contribution in [3.63, 3.8) is 0 Å². The Balaban J connectivity index is 1.80. The molecule has 0 aliphatic heterocycles. The lowest BCUT2D eigenvalue weighted by molar-refractivity contribution is 0.982. The molecule has 2 aromatic carbocycles. The summed E-state index contributed by atoms with van der Waals surface area (Å²) in [5.74, 6) is 0.952. The van der Waals surface area contributed by atoms with Crippen LogP contribution in [0.3, 0.4) is 0 Å². The predicted molar refractivity (Wildman–Crippen MR) is 93.5 cm³/mol. The highest BCUT2D eigenvalue weighted by atomic mass is 15.3. The Morgan fingerprint density at radius 1 is 0.958 bits per heavy atom. The summed E-state index contributed by atoms with van der Waals surface area (Å²) >= 11 is 0. The van der Waals surface area contributed by atoms with E-state index >= 15 is 0 Å². The molecule has 2 N–H and O–H groups in total. The van der Waals surface area contributed by atoms with E-state index in [-0.39, 0.29) is 0 Å². The first-order valence-electron chi connectivity index (χ1n) is 7.44. The summed E-state index contributed by atoms with van der Waals surface area (Å²) in [4.78, 5) is 4.40. The molecule has 0 amide bonds. The van der Waals surface area contributed by atoms with Gasteiger partial charge in [-0.25, -0.2) is 0 Å². The fourth-order valence-electron chi connectivity index (χ4n) is 2.41. The van der Waals surface area contributed by atoms with Gasteiger partial charge in [0.1, 0.15) is 0 Å². The average molecular weight is 316 g/mol. The van der Waals surface area contributed by atoms with Crippen molar-refractivity contribution in [2.75, 3.05) is 10.6 Å². The van der Waals surface area contributed by atoms with E-state index in [1.807, 2.05) is 38.1 Å². The van der Waals surface area contributed by atoms with Gasteiger partial charge in [0.25, 0.3) is 0 Å². The van der Waals surface area contributed by atoms with E-state index in [0.717, 1.165) is 22.5 Å². The topological polar surface area (TPSA) is 86.5 Å². The highest BCUT2D eigenvalue weighted by Gasteiger charge is 2.04. The summed E-state index contributed by atoms with van der Waals surface area (Å²) in [6, 6.07) is 15.4. The average Bonchev–Trinajstić information content (AvgIpc) is 2.54. The van der Waals surface area contributed by atoms with Gasteiger partial charge in [-0.2, -0.15) is 15.3 Å². The molecule has 1 heterocycles. The van der Waals surface area contributed by atoms with Gasteiger partial charge >= 0.3 is 0 Å². The highest BCUT2D eigenvalue weighted by molar-refractivity contribution is 5.60. The van der Waals surface area contributed by atoms with E-state index < -0.39 is 0 Å². The molecular weight excluding hydrogens is 300 g/mol. The summed E-state index contributed by atoms with van der Waals surface area (Å²) in [6.07, 6.45) is 1.53. The van der Waals surface area contributed by atoms with Gasteiger partial charge in [-0.3, -0.25) is 0 Å². The number of nitrogens with zero attached hydrogens (tertiary/aromatic N) is 4. The van der Waals surface area contributed by atoms with Crippen LogP contribution in [0.1, 0.15) is 16.7 Å². The molecule has 0 unspecified atom stereocenters. The third kappa shape index (κ3) is 3.84. The third-order valence-electron chi connectivity index (χ3n) is 3.30. The maximum Gasteiger partial charge on any atom is 0.249 e. The number of benzene rings is 2. The van der Waals surface area contributed by atoms with E-state index in [1.54, 1.807) is 12.1 Å². The van der Waals surface area contributed by atoms with Crippen LogP contribution in [0.15, 0.2) is 48.7 Å². The molecule has 6 heteroatoms. The molecule has 0 aliphatic carbocycles. The third-order valence-corrected chi connectivity index (χ3v) is 3.30. The first kappa shape index (κ1) is 15.4. The Morgan fingerprint density at radius 3 is 2.50 bits per heavy atom. The maximum atomic E-state index is 8.96. The second kappa shape index (κ2) is 6.75. The standard InChI is InChI=1S/C18H16N6/c1-12-6-13(2)8-16(7-12)22-18-23-17(11-20-24-18)21-15-5-3-4-14(9-15)10-19/h3-9,11H,1-2H3,(H2,21,22,23,24). The number of rotatable bonds is 4. The summed E-state index contributed by atoms with van der Waals surface area (Å²) in [7, 11) is 0. The lowest BCUT2D eigenvalue weighted by atomic mass is 10.1. The molecule has 3 rings (SSSR count). The van der Waals surface area contributed by atoms with Crippen LogP contribution in [-0.4, -0.2) is 15.2 Å². The zero-order valence-corrected chi connectivity index (χ0v) is 13.4. The number of aryl methyl sites for hydroxylation is 2. The smallest absolute Gasteiger partial charge is 0.249 e. The van der Waals surface area contributed by atoms with Crippen molar-refractivity contribution in [1.82, 2.24) is 15.2 Å². The molecule has 3 aromatic rings. The van der Waals surface area contributed by atoms with Crippen LogP contribution < -0.4 is 10.6 Å². The number of nitriles is 1. The molecule has 0 aliphatic rings. The number of hydrogen-bond donors (Lipinski definition) is 2. The van der Waals surface area contributed by atoms with E-state index in [1.165, 1.54) is 6.20 Å². The maximum absolute atomic E-state index is 8.96. The van der Waals surface area contributed by atoms with Crippen molar-refractivity contribution in [2.24, 2.45) is 0 Å². The van der Waals surface area contributed by atoms with E-state index in [2.05, 4.69) is 38.0 Å². The Morgan fingerprint density at radius 2 is 1.75 bits per heavy atom. The van der Waals surface area contributed by atoms with Crippen LogP contribution in [0.25, 0.3) is 0 Å². The van der Waals surface area contributed by atoms with Crippen molar-refractivity contribution >= 4 is 23.1 Å². The molecule has 0 fully saturated rings. The quantitative estimate of drug-likeness (QED) is 0.760. The molecular formula is C18H16N6. The molecule has 0 saturated carbocycles. The number of nitrogens with one attached hydrogen (secondary N) is 2. The van der Waals surface area contributed by atoms with Crippen LogP contribution in [0.4, 0.5) is 23.1 Å². The minimum absolute atomic E-state index is 0.404. The van der Waals surface area contributed by atoms with Gasteiger partial charge in [-0.1, -0.05) is 12.1 Å². The predicted octanol–water partition coefficient (Wildman–Crippen LogP) is 3.85. The number of aromatic nitrogens is 3. The van der Waals surface area contributed by atoms with Crippen LogP contribution >= 0.6 is 0 Å². The minimum atomic E-state index is 0.404. The molecule has 118 valence electrons. The van der Waals surface area contributed by atoms with Crippen molar-refractivity contribution in [2.45, 2.75) is 13.8 Å². The summed E-state index contributed by atoms with van der Waals surface area (Å²) in [5.41, 5.74) is 4.58. The highest BCUT2D eigenvalue weighted by Crippen LogP contribution is 2.19. The second-order valence-electron chi connectivity index (χ2n) is 5.48. The normalized spacial score (nSPS) is 10.0. The lowest BCUT2D eigenvalue weighted by Gasteiger charge is -2.09. The number of hydrogen-bond acceptors (Lipinski definition) is 6. The van der Waals surface area contributed by atoms with Crippen LogP contribution in [0.2, 0.25) is 0 Å². The fraction of sp³-hybridized carbons (Fsp3) is 0.111. The molecule has 0 saturated heterocycles. The van der Waals surface area contributed by atoms with Crippen molar-refractivity contribution < 1.29 is 0 Å². The summed E-state index contributed by atoms with van der Waals surface area (Å²) < 4.78 is 0. The fourth-order valence-corrected chi connectivity index (χ4v) is 2.41. The number of anilines is 4. The summed E-state index contributed by atoms with van der Waals surface area (Å²) in [6.45, 7) is 4.08. The van der Waals surface area contributed by atoms with Gasteiger partial charge in [-0.05, 0) is 55.3 Å².